The molecule has 4 unspecified atom stereocenters. The Labute approximate surface area is 290 Å². The van der Waals surface area contributed by atoms with Crippen molar-refractivity contribution in [2.75, 3.05) is 32.8 Å². The fourth-order valence-electron chi connectivity index (χ4n) is 14.6. The Morgan fingerprint density at radius 3 is 2.31 bits per heavy atom. The highest BCUT2D eigenvalue weighted by Gasteiger charge is 2.84. The molecule has 5 aliphatic carbocycles. The van der Waals surface area contributed by atoms with Gasteiger partial charge in [0, 0.05) is 43.7 Å². The number of morpholine rings is 1. The van der Waals surface area contributed by atoms with Crippen molar-refractivity contribution < 1.29 is 29.5 Å². The molecule has 0 radical (unpaired) electrons. The number of likely N-dealkylation sites (tertiary alicyclic amines) is 1. The predicted octanol–water partition coefficient (Wildman–Crippen LogP) is 5.07. The van der Waals surface area contributed by atoms with E-state index in [4.69, 9.17) is 14.2 Å². The van der Waals surface area contributed by atoms with Gasteiger partial charge in [0.15, 0.2) is 6.29 Å². The van der Waals surface area contributed by atoms with Crippen LogP contribution in [-0.4, -0.2) is 112 Å². The van der Waals surface area contributed by atoms with Gasteiger partial charge < -0.3 is 29.5 Å². The maximum absolute atomic E-state index is 12.5. The minimum atomic E-state index is -1.24. The van der Waals surface area contributed by atoms with Gasteiger partial charge in [-0.1, -0.05) is 34.6 Å². The van der Waals surface area contributed by atoms with Crippen molar-refractivity contribution in [2.45, 2.75) is 168 Å². The van der Waals surface area contributed by atoms with Crippen molar-refractivity contribution in [3.05, 3.63) is 0 Å². The minimum absolute atomic E-state index is 0.0135. The zero-order valence-corrected chi connectivity index (χ0v) is 31.6. The SMILES string of the molecule is CC(C)N1CC(N2CCO[C@@H](O[C@H]3CCC45C[C@]46CC[C@]4(C)[C@@H]7C(OC([C@H](O)C(C)(C)O)C[C@H]7C)[C@H](O)[C@@]4(C)C6CC[C@H]5C3(C)C)C2)C1. The van der Waals surface area contributed by atoms with Crippen LogP contribution in [0.1, 0.15) is 114 Å². The van der Waals surface area contributed by atoms with Crippen molar-refractivity contribution in [1.82, 2.24) is 9.80 Å². The van der Waals surface area contributed by atoms with E-state index in [0.717, 1.165) is 58.5 Å². The molecule has 3 heterocycles. The first kappa shape index (κ1) is 34.7. The molecule has 8 heteroatoms. The predicted molar refractivity (Wildman–Crippen MR) is 185 cm³/mol. The van der Waals surface area contributed by atoms with Crippen LogP contribution in [0.15, 0.2) is 0 Å². The maximum Gasteiger partial charge on any atom is 0.170 e. The van der Waals surface area contributed by atoms with Crippen molar-refractivity contribution in [1.29, 1.82) is 0 Å². The Balaban J connectivity index is 0.991. The molecule has 14 atom stereocenters. The van der Waals surface area contributed by atoms with Crippen LogP contribution in [-0.2, 0) is 14.2 Å². The lowest BCUT2D eigenvalue weighted by molar-refractivity contribution is -0.253. The van der Waals surface area contributed by atoms with Gasteiger partial charge in [0.05, 0.1) is 36.6 Å². The third-order valence-electron chi connectivity index (χ3n) is 17.4. The van der Waals surface area contributed by atoms with Gasteiger partial charge in [0.1, 0.15) is 6.10 Å². The van der Waals surface area contributed by atoms with E-state index in [0.29, 0.717) is 40.7 Å². The topological polar surface area (TPSA) is 94.9 Å². The van der Waals surface area contributed by atoms with Crippen LogP contribution in [0.5, 0.6) is 0 Å². The molecule has 8 aliphatic rings. The lowest BCUT2D eigenvalue weighted by atomic mass is 9.41. The lowest BCUT2D eigenvalue weighted by Crippen LogP contribution is -2.64. The normalized spacial score (nSPS) is 52.8. The summed E-state index contributed by atoms with van der Waals surface area (Å²) >= 11 is 0. The summed E-state index contributed by atoms with van der Waals surface area (Å²) in [4.78, 5) is 5.18. The first-order valence-electron chi connectivity index (χ1n) is 19.9. The van der Waals surface area contributed by atoms with Gasteiger partial charge in [-0.15, -0.1) is 0 Å². The molecule has 0 bridgehead atoms. The number of hydrogen-bond donors (Lipinski definition) is 3. The van der Waals surface area contributed by atoms with Crippen LogP contribution < -0.4 is 0 Å². The van der Waals surface area contributed by atoms with E-state index in [9.17, 15) is 15.3 Å². The van der Waals surface area contributed by atoms with Crippen LogP contribution >= 0.6 is 0 Å². The molecule has 0 aromatic carbocycles. The monoisotopic (exact) mass is 673 g/mol. The van der Waals surface area contributed by atoms with Gasteiger partial charge in [0.25, 0.3) is 0 Å². The number of hydrogen-bond acceptors (Lipinski definition) is 8. The Hall–Kier alpha value is -0.320. The Morgan fingerprint density at radius 1 is 0.938 bits per heavy atom. The Bertz CT molecular complexity index is 1250. The molecule has 0 aromatic rings. The van der Waals surface area contributed by atoms with Gasteiger partial charge in [-0.05, 0) is 124 Å². The zero-order chi connectivity index (χ0) is 34.4. The molecule has 3 saturated heterocycles. The first-order chi connectivity index (χ1) is 22.4. The molecule has 8 fully saturated rings. The molecule has 0 amide bonds. The lowest BCUT2D eigenvalue weighted by Gasteiger charge is -2.64. The molecular weight excluding hydrogens is 604 g/mol. The zero-order valence-electron chi connectivity index (χ0n) is 31.6. The van der Waals surface area contributed by atoms with E-state index in [1.165, 1.54) is 25.7 Å². The molecule has 5 saturated carbocycles. The Morgan fingerprint density at radius 2 is 1.62 bits per heavy atom. The molecule has 274 valence electrons. The van der Waals surface area contributed by atoms with Crippen LogP contribution in [0.25, 0.3) is 0 Å². The van der Waals surface area contributed by atoms with Gasteiger partial charge in [-0.25, -0.2) is 0 Å². The molecule has 48 heavy (non-hydrogen) atoms. The van der Waals surface area contributed by atoms with Crippen LogP contribution in [0.3, 0.4) is 0 Å². The van der Waals surface area contributed by atoms with E-state index in [-0.39, 0.29) is 40.7 Å². The van der Waals surface area contributed by atoms with Crippen LogP contribution in [0.2, 0.25) is 0 Å². The standard InChI is InChI=1S/C40H68N2O6/c1-23(2)42-19-25(20-42)41-16-17-46-30(21-41)48-29-12-13-39-22-40(39)15-14-37(8)31-24(3)18-26(33(43)36(6,7)45)47-32(31)34(44)38(37,9)28(40)11-10-27(39)35(29,4)5/h23-34,43-45H,10-22H2,1-9H3/t24-,26?,27+,28?,29+,30+,31+,32?,33+,34+,37-,38-,39?,40+/m1/s1. The van der Waals surface area contributed by atoms with Gasteiger partial charge in [-0.3, -0.25) is 9.80 Å². The van der Waals surface area contributed by atoms with E-state index in [1.807, 2.05) is 0 Å². The van der Waals surface area contributed by atoms with E-state index in [2.05, 4.69) is 58.3 Å². The maximum atomic E-state index is 12.5. The molecule has 3 aliphatic heterocycles. The third kappa shape index (κ3) is 4.54. The van der Waals surface area contributed by atoms with Crippen molar-refractivity contribution in [3.63, 3.8) is 0 Å². The summed E-state index contributed by atoms with van der Waals surface area (Å²) in [7, 11) is 0. The second-order valence-electron chi connectivity index (χ2n) is 20.3. The summed E-state index contributed by atoms with van der Waals surface area (Å²) in [6.45, 7) is 25.1. The largest absolute Gasteiger partial charge is 0.390 e. The smallest absolute Gasteiger partial charge is 0.170 e. The van der Waals surface area contributed by atoms with Crippen molar-refractivity contribution in [3.8, 4) is 0 Å². The van der Waals surface area contributed by atoms with Gasteiger partial charge >= 0.3 is 0 Å². The second-order valence-corrected chi connectivity index (χ2v) is 20.3. The highest BCUT2D eigenvalue weighted by Crippen LogP contribution is 2.89. The number of aliphatic hydroxyl groups is 3. The fourth-order valence-corrected chi connectivity index (χ4v) is 14.6. The van der Waals surface area contributed by atoms with Crippen molar-refractivity contribution >= 4 is 0 Å². The number of rotatable bonds is 6. The molecular formula is C40H68N2O6. The average Bonchev–Trinajstić information content (AvgIpc) is 3.61. The highest BCUT2D eigenvalue weighted by molar-refractivity contribution is 5.33. The van der Waals surface area contributed by atoms with Crippen LogP contribution in [0.4, 0.5) is 0 Å². The number of nitrogens with zero attached hydrogens (tertiary/aromatic N) is 2. The molecule has 8 rings (SSSR count). The summed E-state index contributed by atoms with van der Waals surface area (Å²) in [6, 6.07) is 1.25. The highest BCUT2D eigenvalue weighted by atomic mass is 16.7. The van der Waals surface area contributed by atoms with E-state index < -0.39 is 23.9 Å². The summed E-state index contributed by atoms with van der Waals surface area (Å²) in [5.74, 6) is 1.68. The van der Waals surface area contributed by atoms with Gasteiger partial charge in [0.2, 0.25) is 0 Å². The first-order valence-corrected chi connectivity index (χ1v) is 19.9. The second kappa shape index (κ2) is 11.1. The number of ether oxygens (including phenoxy) is 3. The van der Waals surface area contributed by atoms with E-state index in [1.54, 1.807) is 13.8 Å². The summed E-state index contributed by atoms with van der Waals surface area (Å²) in [5, 5.41) is 34.2. The average molecular weight is 673 g/mol. The molecule has 2 spiro atoms. The number of aliphatic hydroxyl groups excluding tert-OH is 2. The van der Waals surface area contributed by atoms with E-state index >= 15 is 0 Å². The third-order valence-corrected chi connectivity index (χ3v) is 17.4. The fraction of sp³-hybridized carbons (Fsp3) is 1.00. The van der Waals surface area contributed by atoms with Crippen LogP contribution in [0, 0.1) is 50.7 Å². The minimum Gasteiger partial charge on any atom is -0.390 e. The molecule has 3 N–H and O–H groups in total. The molecule has 0 aromatic heterocycles. The Kier molecular flexibility index (Phi) is 8.04. The van der Waals surface area contributed by atoms with Crippen molar-refractivity contribution in [2.24, 2.45) is 50.7 Å². The summed E-state index contributed by atoms with van der Waals surface area (Å²) in [6.07, 6.45) is 6.90. The van der Waals surface area contributed by atoms with Gasteiger partial charge in [-0.2, -0.15) is 0 Å². The number of fused-ring (bicyclic) bond motifs is 4. The quantitative estimate of drug-likeness (QED) is 0.361. The summed E-state index contributed by atoms with van der Waals surface area (Å²) in [5.41, 5.74) is -0.781. The summed E-state index contributed by atoms with van der Waals surface area (Å²) < 4.78 is 20.0. The molecule has 8 nitrogen and oxygen atoms in total.